The van der Waals surface area contributed by atoms with Gasteiger partial charge in [-0.25, -0.2) is 0 Å². The molecule has 5 nitrogen and oxygen atoms in total. The van der Waals surface area contributed by atoms with Gasteiger partial charge in [0.05, 0.1) is 6.10 Å². The number of aliphatic hydroxyl groups is 4. The molecular formula is C13H18O5. The first-order chi connectivity index (χ1) is 8.43. The lowest BCUT2D eigenvalue weighted by Crippen LogP contribution is -2.47. The molecular weight excluding hydrogens is 236 g/mol. The summed E-state index contributed by atoms with van der Waals surface area (Å²) in [5, 5.41) is 37.6. The van der Waals surface area contributed by atoms with Crippen LogP contribution in [0.15, 0.2) is 30.3 Å². The van der Waals surface area contributed by atoms with Crippen LogP contribution in [0.3, 0.4) is 0 Å². The molecule has 0 fully saturated rings. The molecule has 0 spiro atoms. The Morgan fingerprint density at radius 2 is 1.61 bits per heavy atom. The molecule has 0 amide bonds. The third-order valence-corrected chi connectivity index (χ3v) is 2.72. The third kappa shape index (κ3) is 3.89. The Kier molecular flexibility index (Phi) is 5.43. The zero-order chi connectivity index (χ0) is 13.7. The molecule has 1 aromatic rings. The molecule has 100 valence electrons. The number of ketones is 1. The Morgan fingerprint density at radius 1 is 1.06 bits per heavy atom. The summed E-state index contributed by atoms with van der Waals surface area (Å²) >= 11 is 0. The van der Waals surface area contributed by atoms with Gasteiger partial charge in [0.2, 0.25) is 0 Å². The summed E-state index contributed by atoms with van der Waals surface area (Å²) in [6, 6.07) is 8.77. The smallest absolute Gasteiger partial charge is 0.168 e. The minimum absolute atomic E-state index is 0.0361. The quantitative estimate of drug-likeness (QED) is 0.536. The molecule has 0 bridgehead atoms. The van der Waals surface area contributed by atoms with E-state index in [1.54, 1.807) is 30.3 Å². The first-order valence-corrected chi connectivity index (χ1v) is 5.72. The second-order valence-electron chi connectivity index (χ2n) is 4.30. The van der Waals surface area contributed by atoms with E-state index in [-0.39, 0.29) is 6.42 Å². The Hall–Kier alpha value is -1.27. The molecule has 0 heterocycles. The second-order valence-corrected chi connectivity index (χ2v) is 4.30. The van der Waals surface area contributed by atoms with Crippen molar-refractivity contribution in [3.05, 3.63) is 35.9 Å². The molecule has 1 aromatic carbocycles. The number of benzene rings is 1. The van der Waals surface area contributed by atoms with Crippen LogP contribution in [0.1, 0.15) is 12.5 Å². The molecule has 1 rings (SSSR count). The SMILES string of the molecule is C[C@H](O)[C@@H](O)[C@@H](O)[C@H](O)C(=O)Cc1ccccc1. The fourth-order valence-electron chi connectivity index (χ4n) is 1.56. The fourth-order valence-corrected chi connectivity index (χ4v) is 1.56. The summed E-state index contributed by atoms with van der Waals surface area (Å²) in [5.41, 5.74) is 0.709. The maximum absolute atomic E-state index is 11.7. The van der Waals surface area contributed by atoms with Crippen molar-refractivity contribution in [2.24, 2.45) is 0 Å². The van der Waals surface area contributed by atoms with Gasteiger partial charge in [-0.15, -0.1) is 0 Å². The molecule has 0 aromatic heterocycles. The third-order valence-electron chi connectivity index (χ3n) is 2.72. The van der Waals surface area contributed by atoms with Gasteiger partial charge in [-0.05, 0) is 12.5 Å². The van der Waals surface area contributed by atoms with Crippen molar-refractivity contribution in [2.75, 3.05) is 0 Å². The first-order valence-electron chi connectivity index (χ1n) is 5.72. The van der Waals surface area contributed by atoms with Gasteiger partial charge in [0.15, 0.2) is 5.78 Å². The van der Waals surface area contributed by atoms with E-state index >= 15 is 0 Å². The highest BCUT2D eigenvalue weighted by atomic mass is 16.4. The van der Waals surface area contributed by atoms with Crippen LogP contribution in [0.4, 0.5) is 0 Å². The topological polar surface area (TPSA) is 98.0 Å². The molecule has 0 aliphatic rings. The van der Waals surface area contributed by atoms with Crippen LogP contribution < -0.4 is 0 Å². The molecule has 0 unspecified atom stereocenters. The van der Waals surface area contributed by atoms with Gasteiger partial charge in [-0.1, -0.05) is 30.3 Å². The fraction of sp³-hybridized carbons (Fsp3) is 0.462. The highest BCUT2D eigenvalue weighted by Crippen LogP contribution is 2.09. The number of carbonyl (C=O) groups is 1. The number of aliphatic hydroxyl groups excluding tert-OH is 4. The average molecular weight is 254 g/mol. The molecule has 0 aliphatic heterocycles. The minimum Gasteiger partial charge on any atom is -0.391 e. The van der Waals surface area contributed by atoms with Crippen LogP contribution in [-0.2, 0) is 11.2 Å². The molecule has 4 N–H and O–H groups in total. The van der Waals surface area contributed by atoms with Crippen LogP contribution in [0.25, 0.3) is 0 Å². The Morgan fingerprint density at radius 3 is 2.11 bits per heavy atom. The van der Waals surface area contributed by atoms with E-state index in [1.807, 2.05) is 0 Å². The number of hydrogen-bond acceptors (Lipinski definition) is 5. The summed E-state index contributed by atoms with van der Waals surface area (Å²) in [5.74, 6) is -0.603. The van der Waals surface area contributed by atoms with Crippen molar-refractivity contribution in [2.45, 2.75) is 37.8 Å². The molecule has 0 aliphatic carbocycles. The van der Waals surface area contributed by atoms with Gasteiger partial charge in [0, 0.05) is 6.42 Å². The van der Waals surface area contributed by atoms with E-state index in [4.69, 9.17) is 5.11 Å². The van der Waals surface area contributed by atoms with Gasteiger partial charge >= 0.3 is 0 Å². The number of carbonyl (C=O) groups excluding carboxylic acids is 1. The van der Waals surface area contributed by atoms with Gasteiger partial charge in [-0.3, -0.25) is 4.79 Å². The maximum Gasteiger partial charge on any atom is 0.168 e. The maximum atomic E-state index is 11.7. The second kappa shape index (κ2) is 6.61. The Bertz CT molecular complexity index is 376. The molecule has 0 saturated heterocycles. The molecule has 18 heavy (non-hydrogen) atoms. The van der Waals surface area contributed by atoms with Crippen LogP contribution in [-0.4, -0.2) is 50.6 Å². The summed E-state index contributed by atoms with van der Waals surface area (Å²) in [4.78, 5) is 11.7. The lowest BCUT2D eigenvalue weighted by atomic mass is 9.97. The zero-order valence-electron chi connectivity index (χ0n) is 10.1. The van der Waals surface area contributed by atoms with E-state index < -0.39 is 30.2 Å². The number of rotatable bonds is 6. The van der Waals surface area contributed by atoms with E-state index in [1.165, 1.54) is 6.92 Å². The van der Waals surface area contributed by atoms with Crippen LogP contribution in [0.2, 0.25) is 0 Å². The average Bonchev–Trinajstić information content (AvgIpc) is 2.37. The van der Waals surface area contributed by atoms with E-state index in [0.29, 0.717) is 5.56 Å². The minimum atomic E-state index is -1.71. The van der Waals surface area contributed by atoms with Crippen molar-refractivity contribution in [3.63, 3.8) is 0 Å². The highest BCUT2D eigenvalue weighted by molar-refractivity contribution is 5.85. The lowest BCUT2D eigenvalue weighted by Gasteiger charge is -2.23. The lowest BCUT2D eigenvalue weighted by molar-refractivity contribution is -0.143. The summed E-state index contributed by atoms with van der Waals surface area (Å²) in [6.45, 7) is 1.27. The predicted molar refractivity (Wildman–Crippen MR) is 64.9 cm³/mol. The number of Topliss-reactive ketones (excluding diaryl/α,β-unsaturated/α-hetero) is 1. The van der Waals surface area contributed by atoms with Gasteiger partial charge < -0.3 is 20.4 Å². The van der Waals surface area contributed by atoms with Crippen LogP contribution in [0.5, 0.6) is 0 Å². The first kappa shape index (κ1) is 14.8. The Labute approximate surface area is 105 Å². The molecule has 4 atom stereocenters. The largest absolute Gasteiger partial charge is 0.391 e. The normalized spacial score (nSPS) is 17.8. The van der Waals surface area contributed by atoms with Gasteiger partial charge in [0.25, 0.3) is 0 Å². The molecule has 0 radical (unpaired) electrons. The summed E-state index contributed by atoms with van der Waals surface area (Å²) in [6.07, 6.45) is -6.22. The Balaban J connectivity index is 2.61. The van der Waals surface area contributed by atoms with E-state index in [9.17, 15) is 20.1 Å². The van der Waals surface area contributed by atoms with Gasteiger partial charge in [0.1, 0.15) is 18.3 Å². The standard InChI is InChI=1S/C13H18O5/c1-8(14)11(16)13(18)12(17)10(15)7-9-5-3-2-4-6-9/h2-6,8,11-14,16-18H,7H2,1H3/t8-,11+,12+,13+/m0/s1. The summed E-state index contributed by atoms with van der Waals surface area (Å²) < 4.78 is 0. The van der Waals surface area contributed by atoms with Crippen molar-refractivity contribution in [3.8, 4) is 0 Å². The summed E-state index contributed by atoms with van der Waals surface area (Å²) in [7, 11) is 0. The highest BCUT2D eigenvalue weighted by Gasteiger charge is 2.32. The monoisotopic (exact) mass is 254 g/mol. The van der Waals surface area contributed by atoms with Crippen molar-refractivity contribution < 1.29 is 25.2 Å². The van der Waals surface area contributed by atoms with Gasteiger partial charge in [-0.2, -0.15) is 0 Å². The van der Waals surface area contributed by atoms with E-state index in [0.717, 1.165) is 0 Å². The zero-order valence-corrected chi connectivity index (χ0v) is 10.1. The predicted octanol–water partition coefficient (Wildman–Crippen LogP) is -0.738. The van der Waals surface area contributed by atoms with Crippen molar-refractivity contribution >= 4 is 5.78 Å². The van der Waals surface area contributed by atoms with E-state index in [2.05, 4.69) is 0 Å². The van der Waals surface area contributed by atoms with Crippen molar-refractivity contribution in [1.29, 1.82) is 0 Å². The number of hydrogen-bond donors (Lipinski definition) is 4. The molecule has 5 heteroatoms. The van der Waals surface area contributed by atoms with Crippen molar-refractivity contribution in [1.82, 2.24) is 0 Å². The van der Waals surface area contributed by atoms with Crippen LogP contribution >= 0.6 is 0 Å². The van der Waals surface area contributed by atoms with Crippen LogP contribution in [0, 0.1) is 0 Å². The molecule has 0 saturated carbocycles.